The van der Waals surface area contributed by atoms with Gasteiger partial charge in [-0.2, -0.15) is 0 Å². The third-order valence-electron chi connectivity index (χ3n) is 4.42. The molecule has 0 saturated carbocycles. The molecule has 4 nitrogen and oxygen atoms in total. The van der Waals surface area contributed by atoms with Crippen LogP contribution < -0.4 is 4.90 Å². The molecule has 0 aliphatic rings. The van der Waals surface area contributed by atoms with Crippen LogP contribution in [0, 0.1) is 13.8 Å². The smallest absolute Gasteiger partial charge is 0.239 e. The molecule has 29 heavy (non-hydrogen) atoms. The Balaban J connectivity index is 0.00000300. The minimum atomic E-state index is 0. The second kappa shape index (κ2) is 10.6. The second-order valence-corrected chi connectivity index (χ2v) is 9.43. The first-order valence-electron chi connectivity index (χ1n) is 9.05. The van der Waals surface area contributed by atoms with E-state index in [1.165, 1.54) is 16.9 Å². The van der Waals surface area contributed by atoms with E-state index in [9.17, 15) is 4.79 Å². The van der Waals surface area contributed by atoms with Crippen molar-refractivity contribution in [2.45, 2.75) is 18.7 Å². The third-order valence-corrected chi connectivity index (χ3v) is 6.87. The van der Waals surface area contributed by atoms with E-state index in [0.29, 0.717) is 17.3 Å². The van der Waals surface area contributed by atoms with E-state index in [4.69, 9.17) is 16.6 Å². The zero-order valence-electron chi connectivity index (χ0n) is 16.9. The predicted octanol–water partition coefficient (Wildman–Crippen LogP) is 5.68. The number of aromatic nitrogens is 1. The average Bonchev–Trinajstić information content (AvgIpc) is 3.09. The average molecular weight is 470 g/mol. The van der Waals surface area contributed by atoms with E-state index < -0.39 is 0 Å². The van der Waals surface area contributed by atoms with Gasteiger partial charge in [-0.15, -0.1) is 24.2 Å². The molecule has 1 aromatic heterocycles. The van der Waals surface area contributed by atoms with Crippen LogP contribution in [0.25, 0.3) is 10.2 Å². The molecule has 0 spiro atoms. The number of anilines is 1. The maximum atomic E-state index is 13.1. The van der Waals surface area contributed by atoms with Gasteiger partial charge in [0.1, 0.15) is 0 Å². The van der Waals surface area contributed by atoms with Crippen molar-refractivity contribution in [1.82, 2.24) is 9.88 Å². The monoisotopic (exact) mass is 469 g/mol. The van der Waals surface area contributed by atoms with Gasteiger partial charge >= 0.3 is 0 Å². The summed E-state index contributed by atoms with van der Waals surface area (Å²) >= 11 is 9.34. The fraction of sp³-hybridized carbons (Fsp3) is 0.333. The molecule has 156 valence electrons. The van der Waals surface area contributed by atoms with Gasteiger partial charge in [0.05, 0.1) is 16.0 Å². The quantitative estimate of drug-likeness (QED) is 0.417. The summed E-state index contributed by atoms with van der Waals surface area (Å²) < 4.78 is 1.05. The van der Waals surface area contributed by atoms with Crippen LogP contribution in [0.15, 0.2) is 41.3 Å². The summed E-state index contributed by atoms with van der Waals surface area (Å²) in [5.74, 6) is 0.446. The number of fused-ring (bicyclic) bond motifs is 1. The number of halogens is 2. The van der Waals surface area contributed by atoms with Gasteiger partial charge in [0.25, 0.3) is 0 Å². The molecule has 0 saturated heterocycles. The highest BCUT2D eigenvalue weighted by molar-refractivity contribution is 8.00. The molecule has 3 rings (SSSR count). The molecule has 1 amide bonds. The summed E-state index contributed by atoms with van der Waals surface area (Å²) in [6, 6.07) is 12.1. The van der Waals surface area contributed by atoms with Crippen molar-refractivity contribution in [2.24, 2.45) is 0 Å². The largest absolute Gasteiger partial charge is 0.308 e. The van der Waals surface area contributed by atoms with Gasteiger partial charge in [-0.05, 0) is 57.8 Å². The van der Waals surface area contributed by atoms with Crippen LogP contribution in [0.1, 0.15) is 11.1 Å². The van der Waals surface area contributed by atoms with Gasteiger partial charge in [0.2, 0.25) is 5.91 Å². The lowest BCUT2D eigenvalue weighted by molar-refractivity contribution is -0.116. The number of nitrogens with zero attached hydrogens (tertiary/aromatic N) is 3. The first kappa shape index (κ1) is 24.0. The molecule has 0 aliphatic heterocycles. The van der Waals surface area contributed by atoms with Gasteiger partial charge < -0.3 is 4.90 Å². The third kappa shape index (κ3) is 6.09. The number of aryl methyl sites for hydroxylation is 2. The summed E-state index contributed by atoms with van der Waals surface area (Å²) in [5.41, 5.74) is 3.05. The van der Waals surface area contributed by atoms with Crippen molar-refractivity contribution in [3.63, 3.8) is 0 Å². The Morgan fingerprint density at radius 1 is 1.10 bits per heavy atom. The standard InChI is InChI=1S/C21H24ClN3OS2.ClH/c1-14-5-7-16(8-6-14)27-13-19(26)25(12-11-24(3)4)21-23-20-15(2)17(22)9-10-18(20)28-21;/h5-10H,11-13H2,1-4H3;1H. The zero-order valence-corrected chi connectivity index (χ0v) is 20.1. The summed E-state index contributed by atoms with van der Waals surface area (Å²) in [4.78, 5) is 22.8. The molecule has 0 fully saturated rings. The summed E-state index contributed by atoms with van der Waals surface area (Å²) in [5, 5.41) is 1.43. The molecule has 0 bridgehead atoms. The van der Waals surface area contributed by atoms with Crippen molar-refractivity contribution in [3.05, 3.63) is 52.5 Å². The minimum absolute atomic E-state index is 0. The predicted molar refractivity (Wildman–Crippen MR) is 129 cm³/mol. The maximum absolute atomic E-state index is 13.1. The second-order valence-electron chi connectivity index (χ2n) is 6.97. The Morgan fingerprint density at radius 2 is 1.79 bits per heavy atom. The summed E-state index contributed by atoms with van der Waals surface area (Å²) in [7, 11) is 4.01. The number of carbonyl (C=O) groups is 1. The first-order chi connectivity index (χ1) is 13.3. The number of rotatable bonds is 7. The van der Waals surface area contributed by atoms with E-state index in [-0.39, 0.29) is 18.3 Å². The molecule has 0 atom stereocenters. The molecule has 3 aromatic rings. The molecule has 1 heterocycles. The number of likely N-dealkylation sites (N-methyl/N-ethyl adjacent to an activating group) is 1. The van der Waals surface area contributed by atoms with Gasteiger partial charge in [0, 0.05) is 23.0 Å². The first-order valence-corrected chi connectivity index (χ1v) is 11.2. The number of amides is 1. The molecule has 0 radical (unpaired) electrons. The van der Waals surface area contributed by atoms with E-state index in [2.05, 4.69) is 36.1 Å². The molecule has 0 N–H and O–H groups in total. The molecular weight excluding hydrogens is 445 g/mol. The molecule has 0 unspecified atom stereocenters. The van der Waals surface area contributed by atoms with Crippen molar-refractivity contribution in [2.75, 3.05) is 37.8 Å². The van der Waals surface area contributed by atoms with Crippen molar-refractivity contribution in [1.29, 1.82) is 0 Å². The van der Waals surface area contributed by atoms with E-state index >= 15 is 0 Å². The van der Waals surface area contributed by atoms with Gasteiger partial charge in [-0.1, -0.05) is 40.6 Å². The number of hydrogen-bond donors (Lipinski definition) is 0. The Kier molecular flexibility index (Phi) is 8.79. The number of hydrogen-bond acceptors (Lipinski definition) is 5. The number of benzene rings is 2. The van der Waals surface area contributed by atoms with Crippen LogP contribution in [-0.4, -0.2) is 48.7 Å². The van der Waals surface area contributed by atoms with Crippen LogP contribution in [0.5, 0.6) is 0 Å². The van der Waals surface area contributed by atoms with E-state index in [1.54, 1.807) is 16.7 Å². The fourth-order valence-corrected chi connectivity index (χ4v) is 4.68. The topological polar surface area (TPSA) is 36.4 Å². The van der Waals surface area contributed by atoms with Gasteiger partial charge in [-0.25, -0.2) is 4.98 Å². The van der Waals surface area contributed by atoms with Crippen molar-refractivity contribution < 1.29 is 4.79 Å². The molecule has 8 heteroatoms. The SMILES string of the molecule is Cc1ccc(SCC(=O)N(CCN(C)C)c2nc3c(C)c(Cl)ccc3s2)cc1.Cl. The number of thioether (sulfide) groups is 1. The minimum Gasteiger partial charge on any atom is -0.308 e. The lowest BCUT2D eigenvalue weighted by Crippen LogP contribution is -2.37. The Bertz CT molecular complexity index is 974. The lowest BCUT2D eigenvalue weighted by atomic mass is 10.2. The fourth-order valence-electron chi connectivity index (χ4n) is 2.69. The Morgan fingerprint density at radius 3 is 2.45 bits per heavy atom. The van der Waals surface area contributed by atoms with Crippen molar-refractivity contribution in [3.8, 4) is 0 Å². The number of thiazole rings is 1. The summed E-state index contributed by atoms with van der Waals surface area (Å²) in [6.07, 6.45) is 0. The highest BCUT2D eigenvalue weighted by Gasteiger charge is 2.21. The van der Waals surface area contributed by atoms with Crippen LogP contribution in [0.3, 0.4) is 0 Å². The zero-order chi connectivity index (χ0) is 20.3. The molecular formula is C21H25Cl2N3OS2. The Labute approximate surface area is 191 Å². The van der Waals surface area contributed by atoms with Crippen LogP contribution >= 0.6 is 47.1 Å². The van der Waals surface area contributed by atoms with E-state index in [1.807, 2.05) is 33.2 Å². The normalized spacial score (nSPS) is 11.0. The highest BCUT2D eigenvalue weighted by Crippen LogP contribution is 2.34. The Hall–Kier alpha value is -1.31. The van der Waals surface area contributed by atoms with Crippen molar-refractivity contribution >= 4 is 68.4 Å². The van der Waals surface area contributed by atoms with Crippen LogP contribution in [0.4, 0.5) is 5.13 Å². The highest BCUT2D eigenvalue weighted by atomic mass is 35.5. The number of carbonyl (C=O) groups excluding carboxylic acids is 1. The van der Waals surface area contributed by atoms with Crippen LogP contribution in [-0.2, 0) is 4.79 Å². The van der Waals surface area contributed by atoms with Gasteiger partial charge in [0.15, 0.2) is 5.13 Å². The van der Waals surface area contributed by atoms with Gasteiger partial charge in [-0.3, -0.25) is 9.69 Å². The van der Waals surface area contributed by atoms with E-state index in [0.717, 1.165) is 32.4 Å². The summed E-state index contributed by atoms with van der Waals surface area (Å²) in [6.45, 7) is 5.40. The molecule has 2 aromatic carbocycles. The van der Waals surface area contributed by atoms with Crippen LogP contribution in [0.2, 0.25) is 5.02 Å². The molecule has 0 aliphatic carbocycles. The maximum Gasteiger partial charge on any atom is 0.239 e. The lowest BCUT2D eigenvalue weighted by Gasteiger charge is -2.21.